The molecule has 0 unspecified atom stereocenters. The predicted octanol–water partition coefficient (Wildman–Crippen LogP) is 5.32. The minimum absolute atomic E-state index is 0.806. The Balaban J connectivity index is 0. The summed E-state index contributed by atoms with van der Waals surface area (Å²) in [6, 6.07) is 7.69. The smallest absolute Gasteiger partial charge is 0.119 e. The minimum Gasteiger partial charge on any atom is -0.497 e. The largest absolute Gasteiger partial charge is 0.497 e. The summed E-state index contributed by atoms with van der Waals surface area (Å²) in [7, 11) is 1.66. The molecule has 18 heavy (non-hydrogen) atoms. The summed E-state index contributed by atoms with van der Waals surface area (Å²) in [5, 5.41) is 0. The molecule has 1 rings (SSSR count). The van der Waals surface area contributed by atoms with Crippen LogP contribution in [-0.4, -0.2) is 13.7 Å². The van der Waals surface area contributed by atoms with Crippen molar-refractivity contribution in [3.05, 3.63) is 24.3 Å². The van der Waals surface area contributed by atoms with Crippen molar-refractivity contribution < 1.29 is 9.47 Å². The molecule has 0 radical (unpaired) electrons. The maximum atomic E-state index is 5.55. The molecular weight excluding hydrogens is 224 g/mol. The lowest BCUT2D eigenvalue weighted by molar-refractivity contribution is 0.305. The third-order valence-electron chi connectivity index (χ3n) is 2.08. The number of hydrogen-bond donors (Lipinski definition) is 0. The third kappa shape index (κ3) is 10.0. The monoisotopic (exact) mass is 254 g/mol. The number of hydrogen-bond acceptors (Lipinski definition) is 2. The van der Waals surface area contributed by atoms with E-state index in [1.165, 1.54) is 12.8 Å². The zero-order valence-electron chi connectivity index (χ0n) is 13.0. The average Bonchev–Trinajstić information content (AvgIpc) is 2.48. The second kappa shape index (κ2) is 15.8. The summed E-state index contributed by atoms with van der Waals surface area (Å²) in [4.78, 5) is 0. The van der Waals surface area contributed by atoms with Crippen LogP contribution < -0.4 is 9.47 Å². The van der Waals surface area contributed by atoms with Gasteiger partial charge in [0.2, 0.25) is 0 Å². The molecule has 2 nitrogen and oxygen atoms in total. The lowest BCUT2D eigenvalue weighted by atomic mass is 10.3. The van der Waals surface area contributed by atoms with Crippen LogP contribution in [0.4, 0.5) is 0 Å². The number of methoxy groups -OCH3 is 1. The first-order valence-electron chi connectivity index (χ1n) is 7.13. The molecule has 1 aromatic carbocycles. The van der Waals surface area contributed by atoms with Gasteiger partial charge in [-0.3, -0.25) is 0 Å². The molecule has 2 heteroatoms. The maximum Gasteiger partial charge on any atom is 0.119 e. The number of unbranched alkanes of at least 4 members (excludes halogenated alkanes) is 2. The predicted molar refractivity (Wildman–Crippen MR) is 80.7 cm³/mol. The van der Waals surface area contributed by atoms with E-state index in [0.717, 1.165) is 24.5 Å². The lowest BCUT2D eigenvalue weighted by Gasteiger charge is -2.06. The molecule has 0 amide bonds. The van der Waals surface area contributed by atoms with Crippen molar-refractivity contribution in [1.82, 2.24) is 0 Å². The van der Waals surface area contributed by atoms with Crippen molar-refractivity contribution >= 4 is 0 Å². The first-order chi connectivity index (χ1) is 8.86. The van der Waals surface area contributed by atoms with E-state index in [0.29, 0.717) is 0 Å². The molecule has 0 bridgehead atoms. The van der Waals surface area contributed by atoms with E-state index in [-0.39, 0.29) is 0 Å². The van der Waals surface area contributed by atoms with Gasteiger partial charge >= 0.3 is 0 Å². The van der Waals surface area contributed by atoms with Crippen LogP contribution in [0.5, 0.6) is 11.5 Å². The summed E-state index contributed by atoms with van der Waals surface area (Å²) in [6.07, 6.45) is 3.59. The van der Waals surface area contributed by atoms with E-state index in [2.05, 4.69) is 6.92 Å². The van der Waals surface area contributed by atoms with Crippen molar-refractivity contribution in [3.63, 3.8) is 0 Å². The Labute approximate surface area is 113 Å². The zero-order chi connectivity index (χ0) is 14.2. The third-order valence-corrected chi connectivity index (χ3v) is 2.08. The lowest BCUT2D eigenvalue weighted by Crippen LogP contribution is -1.96. The maximum absolute atomic E-state index is 5.55. The summed E-state index contributed by atoms with van der Waals surface area (Å²) in [6.45, 7) is 11.0. The number of rotatable bonds is 6. The molecule has 0 spiro atoms. The summed E-state index contributed by atoms with van der Waals surface area (Å²) < 4.78 is 10.6. The van der Waals surface area contributed by atoms with Crippen LogP contribution in [0.25, 0.3) is 0 Å². The first-order valence-corrected chi connectivity index (χ1v) is 7.13. The molecule has 0 saturated carbocycles. The molecule has 0 aliphatic carbocycles. The van der Waals surface area contributed by atoms with Gasteiger partial charge in [0.15, 0.2) is 0 Å². The highest BCUT2D eigenvalue weighted by atomic mass is 16.5. The van der Waals surface area contributed by atoms with Crippen LogP contribution in [0.15, 0.2) is 24.3 Å². The van der Waals surface area contributed by atoms with Crippen LogP contribution in [0.2, 0.25) is 0 Å². The van der Waals surface area contributed by atoms with E-state index >= 15 is 0 Å². The highest BCUT2D eigenvalue weighted by molar-refractivity contribution is 5.30. The van der Waals surface area contributed by atoms with Crippen molar-refractivity contribution in [1.29, 1.82) is 0 Å². The standard InChI is InChI=1S/C12H18O2.2C2H6/c1-3-4-5-10-14-12-8-6-11(13-2)7-9-12;2*1-2/h6-9H,3-5,10H2,1-2H3;2*1-2H3. The Morgan fingerprint density at radius 2 is 1.33 bits per heavy atom. The van der Waals surface area contributed by atoms with Crippen LogP contribution in [0, 0.1) is 0 Å². The van der Waals surface area contributed by atoms with Gasteiger partial charge in [-0.15, -0.1) is 0 Å². The summed E-state index contributed by atoms with van der Waals surface area (Å²) in [5.41, 5.74) is 0. The van der Waals surface area contributed by atoms with E-state index in [1.807, 2.05) is 52.0 Å². The van der Waals surface area contributed by atoms with Crippen LogP contribution in [-0.2, 0) is 0 Å². The number of ether oxygens (including phenoxy) is 2. The SMILES string of the molecule is CC.CC.CCCCCOc1ccc(OC)cc1. The molecule has 0 aliphatic heterocycles. The van der Waals surface area contributed by atoms with Gasteiger partial charge in [0.1, 0.15) is 11.5 Å². The molecule has 0 fully saturated rings. The van der Waals surface area contributed by atoms with Gasteiger partial charge < -0.3 is 9.47 Å². The quantitative estimate of drug-likeness (QED) is 0.640. The van der Waals surface area contributed by atoms with E-state index < -0.39 is 0 Å². The second-order valence-electron chi connectivity index (χ2n) is 3.23. The van der Waals surface area contributed by atoms with Gasteiger partial charge in [0.05, 0.1) is 13.7 Å². The van der Waals surface area contributed by atoms with Crippen LogP contribution in [0.3, 0.4) is 0 Å². The average molecular weight is 254 g/mol. The van der Waals surface area contributed by atoms with Crippen molar-refractivity contribution in [2.45, 2.75) is 53.9 Å². The van der Waals surface area contributed by atoms with Gasteiger partial charge in [-0.2, -0.15) is 0 Å². The van der Waals surface area contributed by atoms with E-state index in [4.69, 9.17) is 9.47 Å². The molecule has 0 saturated heterocycles. The Bertz CT molecular complexity index is 242. The Hall–Kier alpha value is -1.18. The topological polar surface area (TPSA) is 18.5 Å². The molecule has 0 heterocycles. The van der Waals surface area contributed by atoms with Crippen molar-refractivity contribution in [2.75, 3.05) is 13.7 Å². The first kappa shape index (κ1) is 19.2. The van der Waals surface area contributed by atoms with E-state index in [1.54, 1.807) is 7.11 Å². The second-order valence-corrected chi connectivity index (χ2v) is 3.23. The Kier molecular flexibility index (Phi) is 16.8. The van der Waals surface area contributed by atoms with Gasteiger partial charge in [-0.25, -0.2) is 0 Å². The van der Waals surface area contributed by atoms with Crippen molar-refractivity contribution in [2.24, 2.45) is 0 Å². The molecule has 106 valence electrons. The van der Waals surface area contributed by atoms with Crippen molar-refractivity contribution in [3.8, 4) is 11.5 Å². The van der Waals surface area contributed by atoms with Gasteiger partial charge in [-0.1, -0.05) is 47.5 Å². The summed E-state index contributed by atoms with van der Waals surface area (Å²) >= 11 is 0. The van der Waals surface area contributed by atoms with Crippen LogP contribution >= 0.6 is 0 Å². The van der Waals surface area contributed by atoms with Gasteiger partial charge in [-0.05, 0) is 30.7 Å². The highest BCUT2D eigenvalue weighted by Crippen LogP contribution is 2.17. The molecule has 0 atom stereocenters. The fraction of sp³-hybridized carbons (Fsp3) is 0.625. The minimum atomic E-state index is 0.806. The molecule has 0 N–H and O–H groups in total. The van der Waals surface area contributed by atoms with Gasteiger partial charge in [0, 0.05) is 0 Å². The summed E-state index contributed by atoms with van der Waals surface area (Å²) in [5.74, 6) is 1.79. The van der Waals surface area contributed by atoms with Crippen LogP contribution in [0.1, 0.15) is 53.9 Å². The molecule has 0 aromatic heterocycles. The zero-order valence-corrected chi connectivity index (χ0v) is 13.0. The Morgan fingerprint density at radius 3 is 1.78 bits per heavy atom. The molecule has 1 aromatic rings. The highest BCUT2D eigenvalue weighted by Gasteiger charge is 1.94. The van der Waals surface area contributed by atoms with Gasteiger partial charge in [0.25, 0.3) is 0 Å². The van der Waals surface area contributed by atoms with E-state index in [9.17, 15) is 0 Å². The normalized spacial score (nSPS) is 8.33. The molecular formula is C16H30O2. The Morgan fingerprint density at radius 1 is 0.833 bits per heavy atom. The molecule has 0 aliphatic rings. The number of benzene rings is 1. The fourth-order valence-corrected chi connectivity index (χ4v) is 1.21. The fourth-order valence-electron chi connectivity index (χ4n) is 1.21.